The van der Waals surface area contributed by atoms with Crippen molar-refractivity contribution in [3.05, 3.63) is 30.3 Å². The van der Waals surface area contributed by atoms with Gasteiger partial charge < -0.3 is 10.6 Å². The highest BCUT2D eigenvalue weighted by atomic mass is 16.2. The van der Waals surface area contributed by atoms with E-state index in [4.69, 9.17) is 0 Å². The third-order valence-corrected chi connectivity index (χ3v) is 3.94. The molecule has 1 fully saturated rings. The maximum Gasteiger partial charge on any atom is 0.238 e. The van der Waals surface area contributed by atoms with E-state index in [1.807, 2.05) is 30.3 Å². The van der Waals surface area contributed by atoms with Gasteiger partial charge in [0.25, 0.3) is 0 Å². The van der Waals surface area contributed by atoms with Crippen molar-refractivity contribution < 1.29 is 4.79 Å². The summed E-state index contributed by atoms with van der Waals surface area (Å²) in [6.45, 7) is 6.92. The number of nitrogens with zero attached hydrogens (tertiary/aromatic N) is 1. The van der Waals surface area contributed by atoms with Crippen molar-refractivity contribution >= 4 is 11.6 Å². The molecule has 0 aliphatic carbocycles. The van der Waals surface area contributed by atoms with Crippen LogP contribution in [0.5, 0.6) is 0 Å². The van der Waals surface area contributed by atoms with Crippen LogP contribution in [0.2, 0.25) is 0 Å². The average Bonchev–Trinajstić information content (AvgIpc) is 2.49. The Morgan fingerprint density at radius 3 is 2.67 bits per heavy atom. The Morgan fingerprint density at radius 2 is 2.00 bits per heavy atom. The summed E-state index contributed by atoms with van der Waals surface area (Å²) in [5, 5.41) is 6.37. The molecule has 0 spiro atoms. The van der Waals surface area contributed by atoms with E-state index < -0.39 is 0 Å². The van der Waals surface area contributed by atoms with Crippen molar-refractivity contribution in [2.24, 2.45) is 5.92 Å². The van der Waals surface area contributed by atoms with Gasteiger partial charge in [0, 0.05) is 12.2 Å². The first-order valence-electron chi connectivity index (χ1n) is 8.06. The summed E-state index contributed by atoms with van der Waals surface area (Å²) < 4.78 is 0. The van der Waals surface area contributed by atoms with Gasteiger partial charge in [0.15, 0.2) is 0 Å². The van der Waals surface area contributed by atoms with Gasteiger partial charge in [0.2, 0.25) is 5.91 Å². The molecule has 116 valence electrons. The van der Waals surface area contributed by atoms with Crippen LogP contribution in [0, 0.1) is 5.92 Å². The zero-order valence-corrected chi connectivity index (χ0v) is 13.0. The first-order valence-corrected chi connectivity index (χ1v) is 8.06. The highest BCUT2D eigenvalue weighted by Gasteiger charge is 2.18. The maximum atomic E-state index is 12.2. The molecule has 0 saturated carbocycles. The topological polar surface area (TPSA) is 44.4 Å². The smallest absolute Gasteiger partial charge is 0.238 e. The Labute approximate surface area is 127 Å². The molecule has 1 amide bonds. The third kappa shape index (κ3) is 5.86. The molecule has 21 heavy (non-hydrogen) atoms. The lowest BCUT2D eigenvalue weighted by Crippen LogP contribution is -2.40. The molecule has 2 rings (SSSR count). The second kappa shape index (κ2) is 8.80. The summed E-state index contributed by atoms with van der Waals surface area (Å²) in [7, 11) is 0. The van der Waals surface area contributed by atoms with E-state index in [0.717, 1.165) is 44.2 Å². The molecule has 4 heteroatoms. The number of hydrogen-bond acceptors (Lipinski definition) is 3. The van der Waals surface area contributed by atoms with Gasteiger partial charge in [-0.15, -0.1) is 0 Å². The molecule has 0 unspecified atom stereocenters. The van der Waals surface area contributed by atoms with E-state index >= 15 is 0 Å². The normalized spacial score (nSPS) is 16.1. The number of rotatable bonds is 7. The summed E-state index contributed by atoms with van der Waals surface area (Å²) in [6.07, 6.45) is 3.53. The summed E-state index contributed by atoms with van der Waals surface area (Å²) >= 11 is 0. The molecule has 1 aromatic rings. The number of amides is 1. The molecule has 1 aliphatic heterocycles. The second-order valence-corrected chi connectivity index (χ2v) is 5.84. The monoisotopic (exact) mass is 289 g/mol. The minimum Gasteiger partial charge on any atom is -0.325 e. The predicted molar refractivity (Wildman–Crippen MR) is 87.4 cm³/mol. The van der Waals surface area contributed by atoms with Crippen LogP contribution >= 0.6 is 0 Å². The molecule has 4 nitrogen and oxygen atoms in total. The van der Waals surface area contributed by atoms with Crippen molar-refractivity contribution in [2.45, 2.75) is 26.2 Å². The minimum atomic E-state index is 0.0867. The van der Waals surface area contributed by atoms with Crippen LogP contribution < -0.4 is 10.6 Å². The van der Waals surface area contributed by atoms with Crippen molar-refractivity contribution in [3.63, 3.8) is 0 Å². The minimum absolute atomic E-state index is 0.0867. The quantitative estimate of drug-likeness (QED) is 0.810. The van der Waals surface area contributed by atoms with E-state index in [1.165, 1.54) is 12.8 Å². The van der Waals surface area contributed by atoms with Crippen LogP contribution in [0.15, 0.2) is 30.3 Å². The highest BCUT2D eigenvalue weighted by Crippen LogP contribution is 2.14. The fourth-order valence-electron chi connectivity index (χ4n) is 2.91. The number of nitrogens with one attached hydrogen (secondary N) is 2. The van der Waals surface area contributed by atoms with Gasteiger partial charge >= 0.3 is 0 Å². The zero-order chi connectivity index (χ0) is 14.9. The standard InChI is InChI=1S/C17H27N3O/c1-2-12-20(13-15-8-10-18-11-9-15)14-17(21)19-16-6-4-3-5-7-16/h3-7,15,18H,2,8-14H2,1H3,(H,19,21). The molecule has 1 saturated heterocycles. The van der Waals surface area contributed by atoms with Gasteiger partial charge in [-0.1, -0.05) is 25.1 Å². The van der Waals surface area contributed by atoms with Crippen molar-refractivity contribution in [1.82, 2.24) is 10.2 Å². The van der Waals surface area contributed by atoms with Crippen molar-refractivity contribution in [1.29, 1.82) is 0 Å². The van der Waals surface area contributed by atoms with Crippen LogP contribution in [0.1, 0.15) is 26.2 Å². The maximum absolute atomic E-state index is 12.2. The van der Waals surface area contributed by atoms with Gasteiger partial charge in [-0.3, -0.25) is 9.69 Å². The summed E-state index contributed by atoms with van der Waals surface area (Å²) in [6, 6.07) is 9.68. The van der Waals surface area contributed by atoms with E-state index in [1.54, 1.807) is 0 Å². The van der Waals surface area contributed by atoms with Crippen LogP contribution in [0.25, 0.3) is 0 Å². The predicted octanol–water partition coefficient (Wildman–Crippen LogP) is 2.34. The van der Waals surface area contributed by atoms with Crippen LogP contribution in [0.4, 0.5) is 5.69 Å². The number of piperidine rings is 1. The lowest BCUT2D eigenvalue weighted by molar-refractivity contribution is -0.117. The molecule has 1 aliphatic rings. The van der Waals surface area contributed by atoms with Crippen LogP contribution in [-0.4, -0.2) is 43.5 Å². The first kappa shape index (κ1) is 16.0. The molecule has 1 aromatic carbocycles. The first-order chi connectivity index (χ1) is 10.3. The fourth-order valence-corrected chi connectivity index (χ4v) is 2.91. The summed E-state index contributed by atoms with van der Waals surface area (Å²) in [5.41, 5.74) is 0.876. The summed E-state index contributed by atoms with van der Waals surface area (Å²) in [5.74, 6) is 0.811. The lowest BCUT2D eigenvalue weighted by Gasteiger charge is -2.29. The molecule has 0 bridgehead atoms. The van der Waals surface area contributed by atoms with Gasteiger partial charge in [-0.05, 0) is 56.9 Å². The van der Waals surface area contributed by atoms with E-state index in [2.05, 4.69) is 22.5 Å². The largest absolute Gasteiger partial charge is 0.325 e. The molecule has 1 heterocycles. The molecule has 0 atom stereocenters. The van der Waals surface area contributed by atoms with Gasteiger partial charge in [0.05, 0.1) is 6.54 Å². The Balaban J connectivity index is 1.81. The number of benzene rings is 1. The van der Waals surface area contributed by atoms with Gasteiger partial charge in [-0.25, -0.2) is 0 Å². The number of carbonyl (C=O) groups excluding carboxylic acids is 1. The van der Waals surface area contributed by atoms with Crippen molar-refractivity contribution in [2.75, 3.05) is 38.0 Å². The van der Waals surface area contributed by atoms with Gasteiger partial charge in [-0.2, -0.15) is 0 Å². The molecule has 0 radical (unpaired) electrons. The number of carbonyl (C=O) groups is 1. The second-order valence-electron chi connectivity index (χ2n) is 5.84. The van der Waals surface area contributed by atoms with Crippen molar-refractivity contribution in [3.8, 4) is 0 Å². The number of anilines is 1. The Hall–Kier alpha value is -1.39. The number of hydrogen-bond donors (Lipinski definition) is 2. The number of para-hydroxylation sites is 1. The fraction of sp³-hybridized carbons (Fsp3) is 0.588. The van der Waals surface area contributed by atoms with E-state index in [9.17, 15) is 4.79 Å². The Kier molecular flexibility index (Phi) is 6.70. The molecule has 0 aromatic heterocycles. The highest BCUT2D eigenvalue weighted by molar-refractivity contribution is 5.92. The molecular formula is C17H27N3O. The summed E-state index contributed by atoms with van der Waals surface area (Å²) in [4.78, 5) is 14.5. The molecule has 2 N–H and O–H groups in total. The third-order valence-electron chi connectivity index (χ3n) is 3.94. The van der Waals surface area contributed by atoms with Gasteiger partial charge in [0.1, 0.15) is 0 Å². The SMILES string of the molecule is CCCN(CC(=O)Nc1ccccc1)CC1CCNCC1. The van der Waals surface area contributed by atoms with E-state index in [0.29, 0.717) is 6.54 Å². The van der Waals surface area contributed by atoms with E-state index in [-0.39, 0.29) is 5.91 Å². The Bertz CT molecular complexity index is 415. The molecular weight excluding hydrogens is 262 g/mol. The zero-order valence-electron chi connectivity index (χ0n) is 13.0. The lowest BCUT2D eigenvalue weighted by atomic mass is 9.97. The van der Waals surface area contributed by atoms with Crippen LogP contribution in [0.3, 0.4) is 0 Å². The average molecular weight is 289 g/mol. The van der Waals surface area contributed by atoms with Crippen LogP contribution in [-0.2, 0) is 4.79 Å². The Morgan fingerprint density at radius 1 is 1.29 bits per heavy atom.